The third-order valence-corrected chi connectivity index (χ3v) is 3.05. The van der Waals surface area contributed by atoms with E-state index in [-0.39, 0.29) is 11.0 Å². The molecule has 4 nitrogen and oxygen atoms in total. The van der Waals surface area contributed by atoms with Gasteiger partial charge in [-0.1, -0.05) is 28.1 Å². The topological polar surface area (TPSA) is 62.5 Å². The molecule has 0 unspecified atom stereocenters. The molecule has 0 fully saturated rings. The van der Waals surface area contributed by atoms with Crippen LogP contribution in [-0.4, -0.2) is 21.7 Å². The van der Waals surface area contributed by atoms with E-state index in [9.17, 15) is 4.79 Å². The van der Waals surface area contributed by atoms with Gasteiger partial charge in [0, 0.05) is 16.7 Å². The lowest BCUT2D eigenvalue weighted by Crippen LogP contribution is -2.35. The van der Waals surface area contributed by atoms with Crippen molar-refractivity contribution >= 4 is 28.5 Å². The predicted molar refractivity (Wildman–Crippen MR) is 73.8 cm³/mol. The standard InChI is InChI=1S/C12H11BBrNO3/c14-11-3-1-2-9(6-11)8-15-5-4-10(13(17)18)7-12(15)16/h1-7,17-18H,8H2. The third kappa shape index (κ3) is 3.10. The van der Waals surface area contributed by atoms with Gasteiger partial charge in [0.05, 0.1) is 6.54 Å². The van der Waals surface area contributed by atoms with Crippen molar-refractivity contribution in [2.75, 3.05) is 0 Å². The van der Waals surface area contributed by atoms with E-state index in [0.717, 1.165) is 10.0 Å². The molecule has 0 saturated heterocycles. The molecule has 0 aliphatic heterocycles. The average molecular weight is 308 g/mol. The summed E-state index contributed by atoms with van der Waals surface area (Å²) in [5.74, 6) is 0. The highest BCUT2D eigenvalue weighted by Crippen LogP contribution is 2.11. The molecule has 2 aromatic rings. The van der Waals surface area contributed by atoms with Crippen LogP contribution in [0.1, 0.15) is 5.56 Å². The van der Waals surface area contributed by atoms with Crippen molar-refractivity contribution < 1.29 is 10.0 Å². The highest BCUT2D eigenvalue weighted by atomic mass is 79.9. The number of benzene rings is 1. The van der Waals surface area contributed by atoms with Gasteiger partial charge in [0.15, 0.2) is 0 Å². The van der Waals surface area contributed by atoms with Crippen molar-refractivity contribution in [2.45, 2.75) is 6.54 Å². The molecule has 18 heavy (non-hydrogen) atoms. The molecule has 2 N–H and O–H groups in total. The number of rotatable bonds is 3. The number of pyridine rings is 1. The highest BCUT2D eigenvalue weighted by molar-refractivity contribution is 9.10. The zero-order valence-electron chi connectivity index (χ0n) is 9.45. The third-order valence-electron chi connectivity index (χ3n) is 2.56. The van der Waals surface area contributed by atoms with Crippen molar-refractivity contribution in [3.63, 3.8) is 0 Å². The van der Waals surface area contributed by atoms with E-state index in [1.807, 2.05) is 24.3 Å². The molecule has 6 heteroatoms. The van der Waals surface area contributed by atoms with Gasteiger partial charge in [0.1, 0.15) is 0 Å². The second kappa shape index (κ2) is 5.52. The summed E-state index contributed by atoms with van der Waals surface area (Å²) in [7, 11) is -1.61. The molecule has 0 atom stereocenters. The Labute approximate surface area is 113 Å². The number of aromatic nitrogens is 1. The molecule has 1 heterocycles. The van der Waals surface area contributed by atoms with Crippen molar-refractivity contribution in [2.24, 2.45) is 0 Å². The Morgan fingerprint density at radius 2 is 2.00 bits per heavy atom. The van der Waals surface area contributed by atoms with Crippen LogP contribution in [0.25, 0.3) is 0 Å². The first-order valence-electron chi connectivity index (χ1n) is 5.37. The lowest BCUT2D eigenvalue weighted by molar-refractivity contribution is 0.425. The molecular formula is C12H11BBrNO3. The van der Waals surface area contributed by atoms with E-state index < -0.39 is 7.12 Å². The van der Waals surface area contributed by atoms with Crippen molar-refractivity contribution in [3.8, 4) is 0 Å². The Morgan fingerprint density at radius 1 is 1.22 bits per heavy atom. The van der Waals surface area contributed by atoms with Crippen LogP contribution in [0.5, 0.6) is 0 Å². The Hall–Kier alpha value is -1.37. The maximum atomic E-state index is 11.8. The van der Waals surface area contributed by atoms with Gasteiger partial charge in [0.2, 0.25) is 5.56 Å². The van der Waals surface area contributed by atoms with Crippen LogP contribution in [0.15, 0.2) is 51.9 Å². The second-order valence-electron chi connectivity index (χ2n) is 3.93. The molecule has 1 aromatic carbocycles. The van der Waals surface area contributed by atoms with Crippen molar-refractivity contribution in [1.82, 2.24) is 4.57 Å². The molecule has 0 amide bonds. The Morgan fingerprint density at radius 3 is 2.61 bits per heavy atom. The zero-order chi connectivity index (χ0) is 13.1. The lowest BCUT2D eigenvalue weighted by Gasteiger charge is -2.07. The number of hydrogen-bond acceptors (Lipinski definition) is 3. The molecule has 0 aliphatic rings. The Bertz CT molecular complexity index is 612. The van der Waals surface area contributed by atoms with Crippen LogP contribution >= 0.6 is 15.9 Å². The van der Waals surface area contributed by atoms with Crippen LogP contribution in [0.2, 0.25) is 0 Å². The van der Waals surface area contributed by atoms with Crippen molar-refractivity contribution in [3.05, 3.63) is 63.0 Å². The van der Waals surface area contributed by atoms with Gasteiger partial charge in [-0.3, -0.25) is 4.79 Å². The monoisotopic (exact) mass is 307 g/mol. The highest BCUT2D eigenvalue weighted by Gasteiger charge is 2.11. The number of nitrogens with zero attached hydrogens (tertiary/aromatic N) is 1. The average Bonchev–Trinajstić information content (AvgIpc) is 2.31. The van der Waals surface area contributed by atoms with Crippen LogP contribution in [-0.2, 0) is 6.54 Å². The summed E-state index contributed by atoms with van der Waals surface area (Å²) < 4.78 is 2.46. The van der Waals surface area contributed by atoms with Crippen LogP contribution in [0, 0.1) is 0 Å². The van der Waals surface area contributed by atoms with E-state index in [1.165, 1.54) is 16.7 Å². The smallest absolute Gasteiger partial charge is 0.423 e. The SMILES string of the molecule is O=c1cc(B(O)O)ccn1Cc1cccc(Br)c1. The molecule has 0 radical (unpaired) electrons. The fourth-order valence-electron chi connectivity index (χ4n) is 1.65. The van der Waals surface area contributed by atoms with E-state index in [4.69, 9.17) is 10.0 Å². The summed E-state index contributed by atoms with van der Waals surface area (Å²) in [4.78, 5) is 11.8. The number of hydrogen-bond donors (Lipinski definition) is 2. The Balaban J connectivity index is 2.28. The van der Waals surface area contributed by atoms with E-state index >= 15 is 0 Å². The van der Waals surface area contributed by atoms with Gasteiger partial charge in [-0.15, -0.1) is 0 Å². The van der Waals surface area contributed by atoms with Gasteiger partial charge in [-0.2, -0.15) is 0 Å². The van der Waals surface area contributed by atoms with E-state index in [0.29, 0.717) is 6.54 Å². The summed E-state index contributed by atoms with van der Waals surface area (Å²) >= 11 is 3.37. The van der Waals surface area contributed by atoms with E-state index in [1.54, 1.807) is 6.20 Å². The van der Waals surface area contributed by atoms with Gasteiger partial charge >= 0.3 is 7.12 Å². The maximum Gasteiger partial charge on any atom is 0.488 e. The molecule has 0 aliphatic carbocycles. The van der Waals surface area contributed by atoms with Crippen LogP contribution in [0.3, 0.4) is 0 Å². The van der Waals surface area contributed by atoms with Gasteiger partial charge < -0.3 is 14.6 Å². The summed E-state index contributed by atoms with van der Waals surface area (Å²) in [5, 5.41) is 17.9. The Kier molecular flexibility index (Phi) is 4.01. The maximum absolute atomic E-state index is 11.8. The summed E-state index contributed by atoms with van der Waals surface area (Å²) in [6, 6.07) is 10.4. The zero-order valence-corrected chi connectivity index (χ0v) is 11.0. The second-order valence-corrected chi connectivity index (χ2v) is 4.85. The first-order chi connectivity index (χ1) is 8.56. The summed E-state index contributed by atoms with van der Waals surface area (Å²) in [6.07, 6.45) is 1.55. The van der Waals surface area contributed by atoms with Gasteiger partial charge in [-0.05, 0) is 29.2 Å². The van der Waals surface area contributed by atoms with Gasteiger partial charge in [0.25, 0.3) is 0 Å². The fourth-order valence-corrected chi connectivity index (χ4v) is 2.09. The molecular weight excluding hydrogens is 297 g/mol. The quantitative estimate of drug-likeness (QED) is 0.804. The normalized spacial score (nSPS) is 10.4. The largest absolute Gasteiger partial charge is 0.488 e. The molecule has 0 bridgehead atoms. The molecule has 2 rings (SSSR count). The van der Waals surface area contributed by atoms with Gasteiger partial charge in [-0.25, -0.2) is 0 Å². The van der Waals surface area contributed by atoms with E-state index in [2.05, 4.69) is 15.9 Å². The first-order valence-corrected chi connectivity index (χ1v) is 6.16. The van der Waals surface area contributed by atoms with Crippen molar-refractivity contribution in [1.29, 1.82) is 0 Å². The first kappa shape index (κ1) is 13.1. The minimum absolute atomic E-state index is 0.200. The lowest BCUT2D eigenvalue weighted by atomic mass is 9.81. The summed E-state index contributed by atoms with van der Waals surface area (Å²) in [5.41, 5.74) is 0.926. The summed E-state index contributed by atoms with van der Waals surface area (Å²) in [6.45, 7) is 0.445. The number of halogens is 1. The molecule has 92 valence electrons. The minimum atomic E-state index is -1.61. The van der Waals surface area contributed by atoms with Crippen LogP contribution in [0.4, 0.5) is 0 Å². The molecule has 0 saturated carbocycles. The molecule has 0 spiro atoms. The fraction of sp³-hybridized carbons (Fsp3) is 0.0833. The predicted octanol–water partition coefficient (Wildman–Crippen LogP) is 0.339. The van der Waals surface area contributed by atoms with Crippen LogP contribution < -0.4 is 11.0 Å². The minimum Gasteiger partial charge on any atom is -0.423 e. The molecule has 1 aromatic heterocycles.